The molecule has 6 heteroatoms. The zero-order valence-corrected chi connectivity index (χ0v) is 18.7. The third-order valence-corrected chi connectivity index (χ3v) is 5.92. The third-order valence-electron chi connectivity index (χ3n) is 5.63. The zero-order valence-electron chi connectivity index (χ0n) is 17.9. The summed E-state index contributed by atoms with van der Waals surface area (Å²) < 4.78 is 2.13. The van der Waals surface area contributed by atoms with Crippen LogP contribution in [0.3, 0.4) is 0 Å². The van der Waals surface area contributed by atoms with E-state index in [-0.39, 0.29) is 10.7 Å². The molecule has 0 radical (unpaired) electrons. The van der Waals surface area contributed by atoms with Gasteiger partial charge in [-0.2, -0.15) is 0 Å². The standard InChI is InChI=1S/C25H23N3O2S/c1-15-10-11-21(12-16(15)2)27-17(3)13-19(18(27)4)14-22-23(29)26-25(31)28(24(22)30)20-8-6-5-7-9-20/h5-14H,1-4H3,(H,26,29,31)/b22-14+. The number of aryl methyl sites for hydroxylation is 3. The molecule has 2 aromatic carbocycles. The summed E-state index contributed by atoms with van der Waals surface area (Å²) in [4.78, 5) is 27.2. The highest BCUT2D eigenvalue weighted by Crippen LogP contribution is 2.26. The van der Waals surface area contributed by atoms with Crippen LogP contribution in [0, 0.1) is 27.7 Å². The van der Waals surface area contributed by atoms with E-state index in [2.05, 4.69) is 41.9 Å². The second-order valence-corrected chi connectivity index (χ2v) is 8.11. The second kappa shape index (κ2) is 7.96. The molecule has 1 aliphatic rings. The van der Waals surface area contributed by atoms with Crippen LogP contribution < -0.4 is 10.2 Å². The minimum absolute atomic E-state index is 0.0535. The fourth-order valence-electron chi connectivity index (χ4n) is 3.82. The van der Waals surface area contributed by atoms with Gasteiger partial charge in [-0.15, -0.1) is 0 Å². The van der Waals surface area contributed by atoms with Crippen LogP contribution in [0.1, 0.15) is 28.1 Å². The summed E-state index contributed by atoms with van der Waals surface area (Å²) >= 11 is 5.26. The van der Waals surface area contributed by atoms with E-state index in [1.54, 1.807) is 18.2 Å². The number of nitrogens with zero attached hydrogens (tertiary/aromatic N) is 2. The van der Waals surface area contributed by atoms with Gasteiger partial charge in [0.15, 0.2) is 5.11 Å². The van der Waals surface area contributed by atoms with Crippen LogP contribution in [-0.2, 0) is 9.59 Å². The van der Waals surface area contributed by atoms with Crippen molar-refractivity contribution in [3.05, 3.63) is 88.2 Å². The molecule has 0 bridgehead atoms. The average Bonchev–Trinajstić information content (AvgIpc) is 3.01. The van der Waals surface area contributed by atoms with Crippen LogP contribution in [0.25, 0.3) is 11.8 Å². The van der Waals surface area contributed by atoms with E-state index < -0.39 is 11.8 Å². The van der Waals surface area contributed by atoms with Crippen molar-refractivity contribution in [1.82, 2.24) is 9.88 Å². The van der Waals surface area contributed by atoms with Gasteiger partial charge in [0, 0.05) is 17.1 Å². The van der Waals surface area contributed by atoms with E-state index in [9.17, 15) is 9.59 Å². The maximum absolute atomic E-state index is 13.2. The highest BCUT2D eigenvalue weighted by atomic mass is 32.1. The molecule has 0 aliphatic carbocycles. The van der Waals surface area contributed by atoms with Crippen LogP contribution in [0.15, 0.2) is 60.2 Å². The molecule has 1 aromatic heterocycles. The molecule has 156 valence electrons. The monoisotopic (exact) mass is 429 g/mol. The van der Waals surface area contributed by atoms with Crippen molar-refractivity contribution in [2.45, 2.75) is 27.7 Å². The Kier molecular flexibility index (Phi) is 5.33. The Morgan fingerprint density at radius 2 is 1.58 bits per heavy atom. The van der Waals surface area contributed by atoms with E-state index in [1.165, 1.54) is 16.0 Å². The predicted octanol–water partition coefficient (Wildman–Crippen LogP) is 4.54. The first-order valence-electron chi connectivity index (χ1n) is 10.0. The smallest absolute Gasteiger partial charge is 0.270 e. The molecule has 1 aliphatic heterocycles. The van der Waals surface area contributed by atoms with Gasteiger partial charge in [0.1, 0.15) is 5.57 Å². The number of carbonyl (C=O) groups excluding carboxylic acids is 2. The van der Waals surface area contributed by atoms with Gasteiger partial charge < -0.3 is 4.57 Å². The lowest BCUT2D eigenvalue weighted by Gasteiger charge is -2.28. The molecule has 4 rings (SSSR count). The summed E-state index contributed by atoms with van der Waals surface area (Å²) in [5.41, 5.74) is 6.94. The normalized spacial score (nSPS) is 15.5. The number of thiocarbonyl (C=S) groups is 1. The van der Waals surface area contributed by atoms with Crippen molar-refractivity contribution in [3.63, 3.8) is 0 Å². The molecule has 2 amide bonds. The van der Waals surface area contributed by atoms with Crippen LogP contribution in [-0.4, -0.2) is 21.5 Å². The van der Waals surface area contributed by atoms with E-state index in [1.807, 2.05) is 38.1 Å². The lowest BCUT2D eigenvalue weighted by atomic mass is 10.1. The minimum atomic E-state index is -0.488. The third kappa shape index (κ3) is 3.70. The Bertz CT molecular complexity index is 1260. The van der Waals surface area contributed by atoms with E-state index in [0.29, 0.717) is 5.69 Å². The number of nitrogens with one attached hydrogen (secondary N) is 1. The Labute approximate surface area is 187 Å². The van der Waals surface area contributed by atoms with E-state index in [0.717, 1.165) is 22.6 Å². The highest BCUT2D eigenvalue weighted by molar-refractivity contribution is 7.80. The van der Waals surface area contributed by atoms with E-state index in [4.69, 9.17) is 12.2 Å². The molecule has 1 N–H and O–H groups in total. The number of amides is 2. The molecule has 5 nitrogen and oxygen atoms in total. The molecule has 3 aromatic rings. The second-order valence-electron chi connectivity index (χ2n) is 7.72. The summed E-state index contributed by atoms with van der Waals surface area (Å²) in [6.45, 7) is 8.17. The molecule has 1 saturated heterocycles. The van der Waals surface area contributed by atoms with Crippen LogP contribution in [0.2, 0.25) is 0 Å². The number of aromatic nitrogens is 1. The average molecular weight is 430 g/mol. The van der Waals surface area contributed by atoms with Crippen molar-refractivity contribution < 1.29 is 9.59 Å². The summed E-state index contributed by atoms with van der Waals surface area (Å²) in [6.07, 6.45) is 1.65. The fraction of sp³-hybridized carbons (Fsp3) is 0.160. The molecule has 1 fully saturated rings. The van der Waals surface area contributed by atoms with Crippen molar-refractivity contribution >= 4 is 40.9 Å². The number of hydrogen-bond donors (Lipinski definition) is 1. The summed E-state index contributed by atoms with van der Waals surface area (Å²) in [6, 6.07) is 17.4. The number of carbonyl (C=O) groups is 2. The lowest BCUT2D eigenvalue weighted by Crippen LogP contribution is -2.54. The topological polar surface area (TPSA) is 54.3 Å². The van der Waals surface area contributed by atoms with Crippen LogP contribution in [0.5, 0.6) is 0 Å². The Morgan fingerprint density at radius 1 is 0.871 bits per heavy atom. The number of rotatable bonds is 3. The van der Waals surface area contributed by atoms with Gasteiger partial charge in [0.25, 0.3) is 11.8 Å². The first kappa shape index (κ1) is 20.8. The lowest BCUT2D eigenvalue weighted by molar-refractivity contribution is -0.122. The molecule has 2 heterocycles. The maximum Gasteiger partial charge on any atom is 0.270 e. The molecule has 0 atom stereocenters. The first-order valence-corrected chi connectivity index (χ1v) is 10.4. The van der Waals surface area contributed by atoms with Crippen LogP contribution in [0.4, 0.5) is 5.69 Å². The maximum atomic E-state index is 13.2. The molecule has 0 unspecified atom stereocenters. The quantitative estimate of drug-likeness (QED) is 0.378. The molecule has 31 heavy (non-hydrogen) atoms. The minimum Gasteiger partial charge on any atom is -0.318 e. The van der Waals surface area contributed by atoms with Gasteiger partial charge in [-0.25, -0.2) is 0 Å². The molecule has 0 saturated carbocycles. The van der Waals surface area contributed by atoms with Crippen molar-refractivity contribution in [2.24, 2.45) is 0 Å². The van der Waals surface area contributed by atoms with Gasteiger partial charge in [0.2, 0.25) is 0 Å². The van der Waals surface area contributed by atoms with Crippen molar-refractivity contribution in [3.8, 4) is 5.69 Å². The summed E-state index contributed by atoms with van der Waals surface area (Å²) in [5.74, 6) is -0.922. The van der Waals surface area contributed by atoms with Gasteiger partial charge in [-0.05, 0) is 93.0 Å². The van der Waals surface area contributed by atoms with Gasteiger partial charge in [0.05, 0.1) is 5.69 Å². The summed E-state index contributed by atoms with van der Waals surface area (Å²) in [5, 5.41) is 2.72. The number of benzene rings is 2. The zero-order chi connectivity index (χ0) is 22.3. The van der Waals surface area contributed by atoms with E-state index >= 15 is 0 Å². The van der Waals surface area contributed by atoms with Crippen molar-refractivity contribution in [1.29, 1.82) is 0 Å². The Balaban J connectivity index is 1.77. The first-order chi connectivity index (χ1) is 14.8. The molecular formula is C25H23N3O2S. The fourth-order valence-corrected chi connectivity index (χ4v) is 4.10. The SMILES string of the molecule is Cc1ccc(-n2c(C)cc(/C=C3\C(=O)NC(=S)N(c4ccccc4)C3=O)c2C)cc1C. The Hall–Kier alpha value is -3.51. The number of para-hydroxylation sites is 1. The Morgan fingerprint density at radius 3 is 2.26 bits per heavy atom. The number of anilines is 1. The van der Waals surface area contributed by atoms with Gasteiger partial charge in [-0.3, -0.25) is 19.8 Å². The van der Waals surface area contributed by atoms with Gasteiger partial charge >= 0.3 is 0 Å². The van der Waals surface area contributed by atoms with Crippen molar-refractivity contribution in [2.75, 3.05) is 4.90 Å². The largest absolute Gasteiger partial charge is 0.318 e. The predicted molar refractivity (Wildman–Crippen MR) is 127 cm³/mol. The van der Waals surface area contributed by atoms with Crippen LogP contribution >= 0.6 is 12.2 Å². The number of hydrogen-bond acceptors (Lipinski definition) is 3. The highest BCUT2D eigenvalue weighted by Gasteiger charge is 2.34. The van der Waals surface area contributed by atoms with Gasteiger partial charge in [-0.1, -0.05) is 24.3 Å². The molecule has 0 spiro atoms. The summed E-state index contributed by atoms with van der Waals surface area (Å²) in [7, 11) is 0. The molecular weight excluding hydrogens is 406 g/mol.